The van der Waals surface area contributed by atoms with Crippen LogP contribution in [0.25, 0.3) is 0 Å². The van der Waals surface area contributed by atoms with E-state index in [1.165, 1.54) is 41.7 Å². The minimum absolute atomic E-state index is 0.0758. The van der Waals surface area contributed by atoms with Crippen LogP contribution in [0.4, 0.5) is 0 Å². The number of thiophene rings is 1. The molecule has 188 valence electrons. The third-order valence-electron chi connectivity index (χ3n) is 8.03. The highest BCUT2D eigenvalue weighted by Crippen LogP contribution is 2.38. The van der Waals surface area contributed by atoms with Crippen molar-refractivity contribution < 1.29 is 9.59 Å². The normalized spacial score (nSPS) is 21.7. The van der Waals surface area contributed by atoms with Gasteiger partial charge in [-0.15, -0.1) is 11.3 Å². The first-order chi connectivity index (χ1) is 17.1. The number of carbonyl (C=O) groups is 2. The molecule has 0 radical (unpaired) electrons. The number of rotatable bonds is 6. The van der Waals surface area contributed by atoms with Crippen LogP contribution in [-0.2, 0) is 16.0 Å². The Morgan fingerprint density at radius 2 is 1.60 bits per heavy atom. The second kappa shape index (κ2) is 11.4. The van der Waals surface area contributed by atoms with E-state index in [1.807, 2.05) is 33.3 Å². The Bertz CT molecular complexity index is 1020. The molecule has 0 N–H and O–H groups in total. The molecule has 0 spiro atoms. The zero-order chi connectivity index (χ0) is 24.2. The summed E-state index contributed by atoms with van der Waals surface area (Å²) >= 11 is 7.96. The highest BCUT2D eigenvalue weighted by molar-refractivity contribution is 7.10. The van der Waals surface area contributed by atoms with Crippen LogP contribution >= 0.6 is 22.9 Å². The number of amides is 2. The SMILES string of the molecule is O=C(CCC1CCCC1)N1CCCN(C(=O)CN2CCc3sccc3C2c2ccc(Cl)cc2)CC1. The predicted molar refractivity (Wildman–Crippen MR) is 142 cm³/mol. The molecule has 35 heavy (non-hydrogen) atoms. The zero-order valence-electron chi connectivity index (χ0n) is 20.5. The van der Waals surface area contributed by atoms with Gasteiger partial charge in [-0.1, -0.05) is 49.4 Å². The highest BCUT2D eigenvalue weighted by atomic mass is 35.5. The van der Waals surface area contributed by atoms with Gasteiger partial charge in [0.1, 0.15) is 0 Å². The molecule has 1 unspecified atom stereocenters. The molecule has 3 heterocycles. The number of nitrogens with zero attached hydrogens (tertiary/aromatic N) is 3. The molecule has 2 amide bonds. The van der Waals surface area contributed by atoms with E-state index >= 15 is 0 Å². The van der Waals surface area contributed by atoms with Gasteiger partial charge >= 0.3 is 0 Å². The van der Waals surface area contributed by atoms with Crippen LogP contribution in [0.3, 0.4) is 0 Å². The fourth-order valence-electron chi connectivity index (χ4n) is 6.05. The first-order valence-corrected chi connectivity index (χ1v) is 14.5. The summed E-state index contributed by atoms with van der Waals surface area (Å²) in [7, 11) is 0. The van der Waals surface area contributed by atoms with E-state index < -0.39 is 0 Å². The molecule has 1 atom stereocenters. The van der Waals surface area contributed by atoms with Gasteiger partial charge in [0.15, 0.2) is 0 Å². The van der Waals surface area contributed by atoms with Crippen LogP contribution in [-0.4, -0.2) is 65.8 Å². The summed E-state index contributed by atoms with van der Waals surface area (Å²) < 4.78 is 0. The van der Waals surface area contributed by atoms with Gasteiger partial charge in [-0.05, 0) is 59.9 Å². The van der Waals surface area contributed by atoms with Gasteiger partial charge in [-0.3, -0.25) is 14.5 Å². The lowest BCUT2D eigenvalue weighted by Gasteiger charge is -2.37. The van der Waals surface area contributed by atoms with Crippen LogP contribution in [0.5, 0.6) is 0 Å². The van der Waals surface area contributed by atoms with E-state index in [4.69, 9.17) is 11.6 Å². The summed E-state index contributed by atoms with van der Waals surface area (Å²) in [5.74, 6) is 1.18. The number of fused-ring (bicyclic) bond motifs is 1. The smallest absolute Gasteiger partial charge is 0.236 e. The Balaban J connectivity index is 1.20. The lowest BCUT2D eigenvalue weighted by Crippen LogP contribution is -2.45. The van der Waals surface area contributed by atoms with Crippen LogP contribution in [0, 0.1) is 5.92 Å². The number of halogens is 1. The summed E-state index contributed by atoms with van der Waals surface area (Å²) in [6, 6.07) is 10.3. The van der Waals surface area contributed by atoms with Gasteiger partial charge in [0.05, 0.1) is 12.6 Å². The molecule has 5 rings (SSSR count). The Labute approximate surface area is 218 Å². The van der Waals surface area contributed by atoms with E-state index in [0.29, 0.717) is 26.1 Å². The maximum absolute atomic E-state index is 13.4. The molecule has 1 aromatic heterocycles. The van der Waals surface area contributed by atoms with Crippen molar-refractivity contribution in [3.05, 3.63) is 56.7 Å². The molecular weight excluding hydrogens is 478 g/mol. The first-order valence-electron chi connectivity index (χ1n) is 13.2. The van der Waals surface area contributed by atoms with Gasteiger partial charge in [0.25, 0.3) is 0 Å². The van der Waals surface area contributed by atoms with Crippen LogP contribution < -0.4 is 0 Å². The lowest BCUT2D eigenvalue weighted by atomic mass is 9.93. The second-order valence-electron chi connectivity index (χ2n) is 10.3. The van der Waals surface area contributed by atoms with Crippen molar-refractivity contribution in [1.29, 1.82) is 0 Å². The second-order valence-corrected chi connectivity index (χ2v) is 11.7. The summed E-state index contributed by atoms with van der Waals surface area (Å²) in [5.41, 5.74) is 2.49. The number of hydrogen-bond donors (Lipinski definition) is 0. The van der Waals surface area contributed by atoms with E-state index in [-0.39, 0.29) is 17.9 Å². The quantitative estimate of drug-likeness (QED) is 0.521. The van der Waals surface area contributed by atoms with Gasteiger partial charge in [0, 0.05) is 49.0 Å². The van der Waals surface area contributed by atoms with Crippen molar-refractivity contribution >= 4 is 34.8 Å². The van der Waals surface area contributed by atoms with E-state index in [0.717, 1.165) is 49.8 Å². The molecule has 5 nitrogen and oxygen atoms in total. The third kappa shape index (κ3) is 5.92. The maximum Gasteiger partial charge on any atom is 0.236 e. The molecule has 1 aliphatic carbocycles. The van der Waals surface area contributed by atoms with Gasteiger partial charge < -0.3 is 9.80 Å². The van der Waals surface area contributed by atoms with E-state index in [9.17, 15) is 9.59 Å². The molecule has 2 aliphatic heterocycles. The number of hydrogen-bond acceptors (Lipinski definition) is 4. The molecule has 2 fully saturated rings. The van der Waals surface area contributed by atoms with Crippen LogP contribution in [0.1, 0.15) is 67.0 Å². The minimum Gasteiger partial charge on any atom is -0.341 e. The van der Waals surface area contributed by atoms with Crippen molar-refractivity contribution in [2.75, 3.05) is 39.3 Å². The average molecular weight is 514 g/mol. The van der Waals surface area contributed by atoms with Gasteiger partial charge in [-0.25, -0.2) is 0 Å². The molecule has 0 bridgehead atoms. The van der Waals surface area contributed by atoms with Crippen LogP contribution in [0.2, 0.25) is 5.02 Å². The summed E-state index contributed by atoms with van der Waals surface area (Å²) in [4.78, 5) is 34.0. The standard InChI is InChI=1S/C28H36ClN3O2S/c29-23-9-7-22(8-10-23)28-24-13-19-35-25(24)12-16-32(28)20-27(34)31-15-3-14-30(17-18-31)26(33)11-6-21-4-1-2-5-21/h7-10,13,19,21,28H,1-6,11-12,14-18,20H2. The Hall–Kier alpha value is -1.89. The fraction of sp³-hybridized carbons (Fsp3) is 0.571. The largest absolute Gasteiger partial charge is 0.341 e. The average Bonchev–Trinajstić information content (AvgIpc) is 3.50. The van der Waals surface area contributed by atoms with Gasteiger partial charge in [0.2, 0.25) is 11.8 Å². The Morgan fingerprint density at radius 3 is 2.34 bits per heavy atom. The molecule has 1 aromatic carbocycles. The number of benzene rings is 1. The molecule has 1 saturated carbocycles. The van der Waals surface area contributed by atoms with Crippen molar-refractivity contribution in [3.8, 4) is 0 Å². The fourth-order valence-corrected chi connectivity index (χ4v) is 7.08. The monoisotopic (exact) mass is 513 g/mol. The third-order valence-corrected chi connectivity index (χ3v) is 9.28. The van der Waals surface area contributed by atoms with Crippen LogP contribution in [0.15, 0.2) is 35.7 Å². The lowest BCUT2D eigenvalue weighted by molar-refractivity contribution is -0.134. The summed E-state index contributed by atoms with van der Waals surface area (Å²) in [6.07, 6.45) is 8.75. The van der Waals surface area contributed by atoms with Crippen molar-refractivity contribution in [1.82, 2.24) is 14.7 Å². The zero-order valence-corrected chi connectivity index (χ0v) is 22.0. The van der Waals surface area contributed by atoms with Crippen molar-refractivity contribution in [2.24, 2.45) is 5.92 Å². The molecule has 2 aromatic rings. The topological polar surface area (TPSA) is 43.9 Å². The summed E-state index contributed by atoms with van der Waals surface area (Å²) in [5, 5.41) is 2.89. The predicted octanol–water partition coefficient (Wildman–Crippen LogP) is 5.38. The summed E-state index contributed by atoms with van der Waals surface area (Å²) in [6.45, 7) is 4.06. The first kappa shape index (κ1) is 24.8. The van der Waals surface area contributed by atoms with E-state index in [1.54, 1.807) is 0 Å². The van der Waals surface area contributed by atoms with E-state index in [2.05, 4.69) is 28.5 Å². The van der Waals surface area contributed by atoms with Crippen molar-refractivity contribution in [3.63, 3.8) is 0 Å². The minimum atomic E-state index is 0.0758. The molecule has 3 aliphatic rings. The molecule has 1 saturated heterocycles. The van der Waals surface area contributed by atoms with Crippen molar-refractivity contribution in [2.45, 2.75) is 57.4 Å². The Kier molecular flexibility index (Phi) is 8.11. The van der Waals surface area contributed by atoms with Gasteiger partial charge in [-0.2, -0.15) is 0 Å². The Morgan fingerprint density at radius 1 is 0.886 bits per heavy atom. The maximum atomic E-state index is 13.4. The molecule has 7 heteroatoms. The molecular formula is C28H36ClN3O2S. The highest BCUT2D eigenvalue weighted by Gasteiger charge is 2.32. The number of carbonyl (C=O) groups excluding carboxylic acids is 2.